The van der Waals surface area contributed by atoms with Crippen molar-refractivity contribution in [3.05, 3.63) is 0 Å². The molecule has 2 unspecified atom stereocenters. The van der Waals surface area contributed by atoms with Crippen molar-refractivity contribution in [2.75, 3.05) is 19.6 Å². The topological polar surface area (TPSA) is 23.5 Å². The van der Waals surface area contributed by atoms with Gasteiger partial charge in [0, 0.05) is 11.9 Å². The zero-order chi connectivity index (χ0) is 15.9. The molecule has 4 heteroatoms. The van der Waals surface area contributed by atoms with Crippen LogP contribution < -0.4 is 0 Å². The van der Waals surface area contributed by atoms with Crippen LogP contribution in [0.5, 0.6) is 0 Å². The molecule has 0 aromatic rings. The first-order valence-electron chi connectivity index (χ1n) is 9.14. The maximum absolute atomic E-state index is 9.42. The number of hydrogen-bond acceptors (Lipinski definition) is 2. The number of hydrogen-bond donors (Lipinski definition) is 1. The molecule has 0 aliphatic carbocycles. The van der Waals surface area contributed by atoms with Crippen molar-refractivity contribution in [3.8, 4) is 0 Å². The van der Waals surface area contributed by atoms with Gasteiger partial charge in [-0.05, 0) is 32.9 Å². The van der Waals surface area contributed by atoms with Crippen LogP contribution in [-0.2, 0) is 0 Å². The maximum Gasteiger partial charge on any atom is 0.0639 e. The average Bonchev–Trinajstić information content (AvgIpc) is 2.45. The molecule has 0 saturated carbocycles. The van der Waals surface area contributed by atoms with Crippen LogP contribution in [0.3, 0.4) is 0 Å². The summed E-state index contributed by atoms with van der Waals surface area (Å²) in [5, 5.41) is 9.72. The van der Waals surface area contributed by atoms with E-state index in [0.29, 0.717) is 5.38 Å². The zero-order valence-corrected chi connectivity index (χ0v) is 16.6. The molecule has 0 rings (SSSR count). The predicted molar refractivity (Wildman–Crippen MR) is 103 cm³/mol. The van der Waals surface area contributed by atoms with Crippen LogP contribution in [0.2, 0.25) is 0 Å². The van der Waals surface area contributed by atoms with E-state index < -0.39 is 0 Å². The van der Waals surface area contributed by atoms with Crippen molar-refractivity contribution in [1.82, 2.24) is 4.90 Å². The summed E-state index contributed by atoms with van der Waals surface area (Å²) in [6, 6.07) is 0. The Bertz CT molecular complexity index is 215. The summed E-state index contributed by atoms with van der Waals surface area (Å²) in [5.41, 5.74) is 0. The Labute approximate surface area is 150 Å². The number of alkyl halides is 1. The molecule has 22 heavy (non-hydrogen) atoms. The minimum absolute atomic E-state index is 0. The van der Waals surface area contributed by atoms with E-state index >= 15 is 0 Å². The monoisotopic (exact) mass is 355 g/mol. The summed E-state index contributed by atoms with van der Waals surface area (Å²) in [4.78, 5) is 2.29. The Kier molecular flexibility index (Phi) is 20.1. The van der Waals surface area contributed by atoms with Crippen LogP contribution in [0.1, 0.15) is 85.0 Å². The highest BCUT2D eigenvalue weighted by Crippen LogP contribution is 2.15. The first-order chi connectivity index (χ1) is 10.1. The second-order valence-electron chi connectivity index (χ2n) is 6.39. The predicted octanol–water partition coefficient (Wildman–Crippen LogP) is 5.64. The largest absolute Gasteiger partial charge is 0.392 e. The fraction of sp³-hybridized carbons (Fsp3) is 1.00. The smallest absolute Gasteiger partial charge is 0.0639 e. The third-order valence-electron chi connectivity index (χ3n) is 4.10. The highest BCUT2D eigenvalue weighted by Gasteiger charge is 2.10. The van der Waals surface area contributed by atoms with Gasteiger partial charge in [-0.1, -0.05) is 65.2 Å². The summed E-state index contributed by atoms with van der Waals surface area (Å²) < 4.78 is 0. The van der Waals surface area contributed by atoms with E-state index in [1.165, 1.54) is 51.4 Å². The summed E-state index contributed by atoms with van der Waals surface area (Å²) >= 11 is 6.41. The first kappa shape index (κ1) is 24.7. The van der Waals surface area contributed by atoms with E-state index in [1.54, 1.807) is 0 Å². The van der Waals surface area contributed by atoms with E-state index in [-0.39, 0.29) is 18.5 Å². The Morgan fingerprint density at radius 2 is 1.45 bits per heavy atom. The molecular weight excluding hydrogens is 317 g/mol. The number of aliphatic hydroxyl groups excluding tert-OH is 1. The van der Waals surface area contributed by atoms with Gasteiger partial charge in [0.2, 0.25) is 0 Å². The molecule has 0 bridgehead atoms. The van der Waals surface area contributed by atoms with E-state index in [1.807, 2.05) is 6.92 Å². The van der Waals surface area contributed by atoms with Crippen molar-refractivity contribution in [3.63, 3.8) is 0 Å². The SMILES string of the molecule is CCCCCCCCCCC(Cl)CCN(CC)CC(C)O.Cl. The first-order valence-corrected chi connectivity index (χ1v) is 9.58. The summed E-state index contributed by atoms with van der Waals surface area (Å²) in [7, 11) is 0. The molecule has 2 nitrogen and oxygen atoms in total. The third-order valence-corrected chi connectivity index (χ3v) is 4.54. The maximum atomic E-state index is 9.42. The molecule has 0 amide bonds. The highest BCUT2D eigenvalue weighted by atomic mass is 35.5. The average molecular weight is 356 g/mol. The zero-order valence-electron chi connectivity index (χ0n) is 15.0. The van der Waals surface area contributed by atoms with Crippen LogP contribution in [0.25, 0.3) is 0 Å². The van der Waals surface area contributed by atoms with Gasteiger partial charge < -0.3 is 10.0 Å². The number of unbranched alkanes of at least 4 members (excludes halogenated alkanes) is 7. The van der Waals surface area contributed by atoms with Gasteiger partial charge in [-0.15, -0.1) is 24.0 Å². The van der Waals surface area contributed by atoms with Gasteiger partial charge in [0.15, 0.2) is 0 Å². The van der Waals surface area contributed by atoms with Gasteiger partial charge in [-0.3, -0.25) is 0 Å². The van der Waals surface area contributed by atoms with Crippen molar-refractivity contribution in [2.24, 2.45) is 0 Å². The molecular formula is C18H39Cl2NO. The fourth-order valence-corrected chi connectivity index (χ4v) is 2.97. The molecule has 0 heterocycles. The summed E-state index contributed by atoms with van der Waals surface area (Å²) in [5.74, 6) is 0. The Morgan fingerprint density at radius 1 is 0.909 bits per heavy atom. The molecule has 0 aromatic heterocycles. The van der Waals surface area contributed by atoms with Crippen molar-refractivity contribution in [2.45, 2.75) is 96.5 Å². The highest BCUT2D eigenvalue weighted by molar-refractivity contribution is 6.20. The van der Waals surface area contributed by atoms with Gasteiger partial charge in [0.25, 0.3) is 0 Å². The molecule has 0 fully saturated rings. The van der Waals surface area contributed by atoms with Gasteiger partial charge in [-0.2, -0.15) is 0 Å². The number of rotatable bonds is 15. The van der Waals surface area contributed by atoms with Crippen LogP contribution in [0.15, 0.2) is 0 Å². The standard InChI is InChI=1S/C18H38ClNO.ClH/c1-4-6-7-8-9-10-11-12-13-18(19)14-15-20(5-2)16-17(3)21;/h17-18,21H,4-16H2,1-3H3;1H. The van der Waals surface area contributed by atoms with E-state index in [2.05, 4.69) is 18.7 Å². The summed E-state index contributed by atoms with van der Waals surface area (Å²) in [6.07, 6.45) is 12.8. The molecule has 0 aliphatic rings. The fourth-order valence-electron chi connectivity index (χ4n) is 2.72. The normalized spacial score (nSPS) is 13.9. The van der Waals surface area contributed by atoms with Gasteiger partial charge in [0.1, 0.15) is 0 Å². The van der Waals surface area contributed by atoms with Crippen LogP contribution in [0, 0.1) is 0 Å². The second-order valence-corrected chi connectivity index (χ2v) is 7.01. The van der Waals surface area contributed by atoms with E-state index in [9.17, 15) is 5.11 Å². The quantitative estimate of drug-likeness (QED) is 0.303. The van der Waals surface area contributed by atoms with Crippen LogP contribution >= 0.6 is 24.0 Å². The lowest BCUT2D eigenvalue weighted by Gasteiger charge is -2.23. The van der Waals surface area contributed by atoms with Crippen LogP contribution in [-0.4, -0.2) is 41.1 Å². The minimum atomic E-state index is -0.244. The molecule has 0 saturated heterocycles. The molecule has 0 radical (unpaired) electrons. The van der Waals surface area contributed by atoms with Gasteiger partial charge in [0.05, 0.1) is 6.10 Å². The van der Waals surface area contributed by atoms with Crippen molar-refractivity contribution in [1.29, 1.82) is 0 Å². The van der Waals surface area contributed by atoms with Gasteiger partial charge >= 0.3 is 0 Å². The summed E-state index contributed by atoms with van der Waals surface area (Å²) in [6.45, 7) is 9.02. The van der Waals surface area contributed by atoms with Gasteiger partial charge in [-0.25, -0.2) is 0 Å². The molecule has 2 atom stereocenters. The minimum Gasteiger partial charge on any atom is -0.392 e. The second kappa shape index (κ2) is 17.8. The molecule has 1 N–H and O–H groups in total. The lowest BCUT2D eigenvalue weighted by atomic mass is 10.1. The van der Waals surface area contributed by atoms with Crippen molar-refractivity contribution >= 4 is 24.0 Å². The number of aliphatic hydroxyl groups is 1. The number of likely N-dealkylation sites (N-methyl/N-ethyl adjacent to an activating group) is 1. The van der Waals surface area contributed by atoms with Crippen molar-refractivity contribution < 1.29 is 5.11 Å². The number of halogens is 2. The molecule has 136 valence electrons. The number of nitrogens with zero attached hydrogens (tertiary/aromatic N) is 1. The Balaban J connectivity index is 0. The van der Waals surface area contributed by atoms with Crippen LogP contribution in [0.4, 0.5) is 0 Å². The molecule has 0 spiro atoms. The lowest BCUT2D eigenvalue weighted by Crippen LogP contribution is -2.32. The van der Waals surface area contributed by atoms with E-state index in [0.717, 1.165) is 32.5 Å². The lowest BCUT2D eigenvalue weighted by molar-refractivity contribution is 0.128. The Morgan fingerprint density at radius 3 is 1.95 bits per heavy atom. The Hall–Kier alpha value is 0.500. The molecule has 0 aromatic carbocycles. The van der Waals surface area contributed by atoms with E-state index in [4.69, 9.17) is 11.6 Å². The molecule has 0 aliphatic heterocycles. The third kappa shape index (κ3) is 16.9.